The van der Waals surface area contributed by atoms with Crippen LogP contribution in [0.2, 0.25) is 0 Å². The van der Waals surface area contributed by atoms with Crippen molar-refractivity contribution in [1.82, 2.24) is 4.98 Å². The van der Waals surface area contributed by atoms with Crippen LogP contribution < -0.4 is 5.56 Å². The van der Waals surface area contributed by atoms with Gasteiger partial charge in [0.25, 0.3) is 5.56 Å². The van der Waals surface area contributed by atoms with E-state index in [-0.39, 0.29) is 5.56 Å². The van der Waals surface area contributed by atoms with Crippen molar-refractivity contribution in [1.29, 1.82) is 0 Å². The molecule has 0 atom stereocenters. The fraction of sp³-hybridized carbons (Fsp3) is 0.345. The van der Waals surface area contributed by atoms with Crippen LogP contribution in [-0.4, -0.2) is 10.1 Å². The predicted octanol–water partition coefficient (Wildman–Crippen LogP) is 8.37. The monoisotopic (exact) mass is 433 g/mol. The maximum absolute atomic E-state index is 11.5. The molecule has 0 spiro atoms. The number of hydrogen-bond donors (Lipinski definition) is 2. The molecule has 0 fully saturated rings. The van der Waals surface area contributed by atoms with Crippen LogP contribution in [0.25, 0.3) is 21.5 Å². The first-order chi connectivity index (χ1) is 15.4. The van der Waals surface area contributed by atoms with Gasteiger partial charge in [-0.05, 0) is 45.9 Å². The van der Waals surface area contributed by atoms with Gasteiger partial charge in [-0.15, -0.1) is 0 Å². The zero-order chi connectivity index (χ0) is 24.3. The SMILES string of the molecule is CC.CC.CC(C)c1c[nH]c(=O)c2ccccc12.CC(C)c1ccc(O)c2ccccc12. The van der Waals surface area contributed by atoms with Crippen LogP contribution in [0.4, 0.5) is 0 Å². The van der Waals surface area contributed by atoms with Crippen LogP contribution in [0, 0.1) is 0 Å². The Morgan fingerprint density at radius 2 is 1.06 bits per heavy atom. The number of H-pyrrole nitrogens is 1. The number of rotatable bonds is 2. The normalized spacial score (nSPS) is 10.1. The van der Waals surface area contributed by atoms with Crippen molar-refractivity contribution in [3.63, 3.8) is 0 Å². The minimum atomic E-state index is -0.00926. The van der Waals surface area contributed by atoms with Crippen LogP contribution in [0.1, 0.15) is 78.4 Å². The van der Waals surface area contributed by atoms with Crippen molar-refractivity contribution >= 4 is 21.5 Å². The Balaban J connectivity index is 0.000000277. The average molecular weight is 434 g/mol. The van der Waals surface area contributed by atoms with Crippen LogP contribution in [-0.2, 0) is 0 Å². The largest absolute Gasteiger partial charge is 0.507 e. The van der Waals surface area contributed by atoms with E-state index < -0.39 is 0 Å². The maximum atomic E-state index is 11.5. The van der Waals surface area contributed by atoms with E-state index in [0.29, 0.717) is 17.6 Å². The summed E-state index contributed by atoms with van der Waals surface area (Å²) in [5.41, 5.74) is 2.48. The molecule has 3 heteroatoms. The fourth-order valence-corrected chi connectivity index (χ4v) is 3.52. The summed E-state index contributed by atoms with van der Waals surface area (Å²) in [5, 5.41) is 13.6. The number of aromatic nitrogens is 1. The number of pyridine rings is 1. The molecule has 0 unspecified atom stereocenters. The quantitative estimate of drug-likeness (QED) is 0.333. The van der Waals surface area contributed by atoms with Gasteiger partial charge in [0, 0.05) is 17.0 Å². The van der Waals surface area contributed by atoms with E-state index in [1.54, 1.807) is 6.07 Å². The molecule has 1 heterocycles. The molecule has 4 aromatic rings. The second-order valence-corrected chi connectivity index (χ2v) is 7.65. The average Bonchev–Trinajstić information content (AvgIpc) is 2.82. The van der Waals surface area contributed by atoms with Crippen LogP contribution >= 0.6 is 0 Å². The minimum absolute atomic E-state index is 0.00926. The van der Waals surface area contributed by atoms with Gasteiger partial charge < -0.3 is 10.1 Å². The lowest BCUT2D eigenvalue weighted by molar-refractivity contribution is 0.481. The van der Waals surface area contributed by atoms with E-state index in [4.69, 9.17) is 0 Å². The Labute approximate surface area is 193 Å². The van der Waals surface area contributed by atoms with E-state index in [1.807, 2.05) is 82.4 Å². The lowest BCUT2D eigenvalue weighted by Crippen LogP contribution is -2.07. The van der Waals surface area contributed by atoms with Crippen LogP contribution in [0.15, 0.2) is 71.7 Å². The molecule has 1 aromatic heterocycles. The molecule has 172 valence electrons. The molecule has 32 heavy (non-hydrogen) atoms. The molecule has 0 radical (unpaired) electrons. The number of phenolic OH excluding ortho intramolecular Hbond substituents is 1. The summed E-state index contributed by atoms with van der Waals surface area (Å²) >= 11 is 0. The summed E-state index contributed by atoms with van der Waals surface area (Å²) in [6, 6.07) is 19.5. The molecule has 0 aliphatic carbocycles. The Bertz CT molecular complexity index is 1160. The third kappa shape index (κ3) is 6.46. The zero-order valence-electron chi connectivity index (χ0n) is 20.9. The highest BCUT2D eigenvalue weighted by molar-refractivity contribution is 5.91. The topological polar surface area (TPSA) is 53.1 Å². The van der Waals surface area contributed by atoms with Gasteiger partial charge in [0.1, 0.15) is 5.75 Å². The van der Waals surface area contributed by atoms with E-state index >= 15 is 0 Å². The molecule has 4 rings (SSSR count). The standard InChI is InChI=1S/C13H14O.C12H13NO.2C2H6/c1-9(2)10-7-8-13(14)12-6-4-3-5-11(10)12;1-8(2)11-7-13-12(14)10-6-4-3-5-9(10)11;2*1-2/h3-9,14H,1-2H3;3-8H,1-2H3,(H,13,14);2*1-2H3. The summed E-state index contributed by atoms with van der Waals surface area (Å²) in [4.78, 5) is 14.3. The van der Waals surface area contributed by atoms with Crippen molar-refractivity contribution in [3.05, 3.63) is 88.3 Å². The first-order valence-corrected chi connectivity index (χ1v) is 11.7. The van der Waals surface area contributed by atoms with Gasteiger partial charge in [-0.3, -0.25) is 4.79 Å². The van der Waals surface area contributed by atoms with Gasteiger partial charge in [-0.25, -0.2) is 0 Å². The number of hydrogen-bond acceptors (Lipinski definition) is 2. The van der Waals surface area contributed by atoms with Crippen LogP contribution in [0.5, 0.6) is 5.75 Å². The second-order valence-electron chi connectivity index (χ2n) is 7.65. The second kappa shape index (κ2) is 13.4. The van der Waals surface area contributed by atoms with Crippen molar-refractivity contribution in [2.24, 2.45) is 0 Å². The molecule has 0 aliphatic heterocycles. The molecular formula is C29H39NO2. The first-order valence-electron chi connectivity index (χ1n) is 11.7. The number of benzene rings is 3. The van der Waals surface area contributed by atoms with Crippen molar-refractivity contribution in [2.45, 2.75) is 67.2 Å². The van der Waals surface area contributed by atoms with Crippen molar-refractivity contribution in [3.8, 4) is 5.75 Å². The van der Waals surface area contributed by atoms with E-state index in [1.165, 1.54) is 11.1 Å². The van der Waals surface area contributed by atoms with Gasteiger partial charge in [-0.1, -0.05) is 104 Å². The summed E-state index contributed by atoms with van der Waals surface area (Å²) < 4.78 is 0. The number of aromatic amines is 1. The van der Waals surface area contributed by atoms with Gasteiger partial charge in [0.2, 0.25) is 0 Å². The summed E-state index contributed by atoms with van der Waals surface area (Å²) in [7, 11) is 0. The summed E-state index contributed by atoms with van der Waals surface area (Å²) in [6.07, 6.45) is 1.81. The van der Waals surface area contributed by atoms with E-state index in [9.17, 15) is 9.90 Å². The number of fused-ring (bicyclic) bond motifs is 2. The predicted molar refractivity (Wildman–Crippen MR) is 141 cm³/mol. The molecular weight excluding hydrogens is 394 g/mol. The Hall–Kier alpha value is -3.07. The number of aromatic hydroxyl groups is 1. The van der Waals surface area contributed by atoms with Gasteiger partial charge in [-0.2, -0.15) is 0 Å². The first kappa shape index (κ1) is 27.0. The van der Waals surface area contributed by atoms with Crippen molar-refractivity contribution in [2.75, 3.05) is 0 Å². The fourth-order valence-electron chi connectivity index (χ4n) is 3.52. The van der Waals surface area contributed by atoms with E-state index in [0.717, 1.165) is 21.5 Å². The van der Waals surface area contributed by atoms with Crippen molar-refractivity contribution < 1.29 is 5.11 Å². The highest BCUT2D eigenvalue weighted by atomic mass is 16.3. The summed E-state index contributed by atoms with van der Waals surface area (Å²) in [5.74, 6) is 1.28. The number of nitrogens with one attached hydrogen (secondary N) is 1. The highest BCUT2D eigenvalue weighted by Crippen LogP contribution is 2.31. The minimum Gasteiger partial charge on any atom is -0.507 e. The Kier molecular flexibility index (Phi) is 11.3. The van der Waals surface area contributed by atoms with Gasteiger partial charge >= 0.3 is 0 Å². The molecule has 0 bridgehead atoms. The third-order valence-electron chi connectivity index (χ3n) is 5.02. The molecule has 3 aromatic carbocycles. The molecule has 3 nitrogen and oxygen atoms in total. The zero-order valence-corrected chi connectivity index (χ0v) is 20.9. The van der Waals surface area contributed by atoms with E-state index in [2.05, 4.69) is 38.7 Å². The third-order valence-corrected chi connectivity index (χ3v) is 5.02. The van der Waals surface area contributed by atoms with Crippen LogP contribution in [0.3, 0.4) is 0 Å². The van der Waals surface area contributed by atoms with Gasteiger partial charge in [0.15, 0.2) is 0 Å². The lowest BCUT2D eigenvalue weighted by Gasteiger charge is -2.10. The smallest absolute Gasteiger partial charge is 0.255 e. The maximum Gasteiger partial charge on any atom is 0.255 e. The molecule has 2 N–H and O–H groups in total. The Morgan fingerprint density at radius 1 is 0.625 bits per heavy atom. The van der Waals surface area contributed by atoms with Gasteiger partial charge in [0.05, 0.1) is 0 Å². The highest BCUT2D eigenvalue weighted by Gasteiger charge is 2.07. The molecule has 0 saturated carbocycles. The Morgan fingerprint density at radius 3 is 1.56 bits per heavy atom. The lowest BCUT2D eigenvalue weighted by atomic mass is 9.96. The number of phenols is 1. The molecule has 0 amide bonds. The molecule has 0 saturated heterocycles. The molecule has 0 aliphatic rings. The summed E-state index contributed by atoms with van der Waals surface area (Å²) in [6.45, 7) is 16.6.